The summed E-state index contributed by atoms with van der Waals surface area (Å²) < 4.78 is 47.6. The lowest BCUT2D eigenvalue weighted by atomic mass is 9.84. The number of rotatable bonds is 8. The summed E-state index contributed by atoms with van der Waals surface area (Å²) in [7, 11) is -7.53. The molecule has 0 fully saturated rings. The van der Waals surface area contributed by atoms with Crippen LogP contribution in [-0.4, -0.2) is 50.8 Å². The van der Waals surface area contributed by atoms with Crippen LogP contribution in [0.4, 0.5) is 0 Å². The summed E-state index contributed by atoms with van der Waals surface area (Å²) >= 11 is 0. The predicted octanol–water partition coefficient (Wildman–Crippen LogP) is 5.81. The van der Waals surface area contributed by atoms with Gasteiger partial charge in [-0.15, -0.1) is 0 Å². The van der Waals surface area contributed by atoms with E-state index in [0.717, 1.165) is 18.2 Å². The molecule has 1 aliphatic carbocycles. The fourth-order valence-electron chi connectivity index (χ4n) is 3.41. The van der Waals surface area contributed by atoms with Crippen LogP contribution < -0.4 is 0 Å². The van der Waals surface area contributed by atoms with Crippen molar-refractivity contribution in [3.8, 4) is 0 Å². The zero-order valence-corrected chi connectivity index (χ0v) is 24.7. The average molecular weight is 505 g/mol. The molecule has 0 spiro atoms. The van der Waals surface area contributed by atoms with Crippen LogP contribution >= 0.6 is 0 Å². The van der Waals surface area contributed by atoms with Crippen molar-refractivity contribution in [2.75, 3.05) is 19.5 Å². The first-order valence-electron chi connectivity index (χ1n) is 11.4. The molecule has 1 aliphatic heterocycles. The fourth-order valence-corrected chi connectivity index (χ4v) is 5.86. The largest absolute Gasteiger partial charge is 0.473 e. The van der Waals surface area contributed by atoms with E-state index in [1.807, 2.05) is 0 Å². The molecule has 0 bridgehead atoms. The van der Waals surface area contributed by atoms with E-state index >= 15 is 0 Å². The van der Waals surface area contributed by atoms with Gasteiger partial charge in [0, 0.05) is 5.92 Å². The van der Waals surface area contributed by atoms with Crippen LogP contribution in [0.3, 0.4) is 0 Å². The van der Waals surface area contributed by atoms with Gasteiger partial charge in [-0.1, -0.05) is 47.6 Å². The molecule has 0 unspecified atom stereocenters. The van der Waals surface area contributed by atoms with Gasteiger partial charge in [0.05, 0.1) is 31.6 Å². The Balaban J connectivity index is 2.29. The zero-order chi connectivity index (χ0) is 24.8. The summed E-state index contributed by atoms with van der Waals surface area (Å²) in [6.07, 6.45) is 5.37. The Morgan fingerprint density at radius 2 is 1.53 bits per heavy atom. The third-order valence-corrected chi connectivity index (χ3v) is 17.1. The highest BCUT2D eigenvalue weighted by Gasteiger charge is 2.48. The van der Waals surface area contributed by atoms with Crippen LogP contribution in [0, 0.1) is 11.8 Å². The molecule has 186 valence electrons. The maximum absolute atomic E-state index is 11.6. The van der Waals surface area contributed by atoms with Crippen LogP contribution in [0.25, 0.3) is 0 Å². The Labute approximate surface area is 198 Å². The van der Waals surface area contributed by atoms with Crippen molar-refractivity contribution in [2.24, 2.45) is 11.8 Å². The molecule has 32 heavy (non-hydrogen) atoms. The molecule has 3 atom stereocenters. The lowest BCUT2D eigenvalue weighted by Crippen LogP contribution is -2.49. The average Bonchev–Trinajstić information content (AvgIpc) is 3.01. The molecule has 1 heterocycles. The Morgan fingerprint density at radius 3 is 2.03 bits per heavy atom. The molecule has 0 saturated carbocycles. The Morgan fingerprint density at radius 1 is 0.969 bits per heavy atom. The minimum Gasteiger partial charge on any atom is -0.473 e. The van der Waals surface area contributed by atoms with Gasteiger partial charge in [0.15, 0.2) is 22.9 Å². The molecular weight excluding hydrogens is 460 g/mol. The molecule has 0 aromatic carbocycles. The summed E-state index contributed by atoms with van der Waals surface area (Å²) in [5, 5.41) is 0.176. The van der Waals surface area contributed by atoms with Gasteiger partial charge >= 0.3 is 0 Å². The van der Waals surface area contributed by atoms with Gasteiger partial charge < -0.3 is 13.6 Å². The maximum atomic E-state index is 11.6. The monoisotopic (exact) mass is 504 g/mol. The Hall–Kier alpha value is -0.456. The van der Waals surface area contributed by atoms with Crippen molar-refractivity contribution in [1.82, 2.24) is 0 Å². The van der Waals surface area contributed by atoms with Gasteiger partial charge in [-0.25, -0.2) is 0 Å². The summed E-state index contributed by atoms with van der Waals surface area (Å²) in [4.78, 5) is 0. The molecule has 0 radical (unpaired) electrons. The van der Waals surface area contributed by atoms with E-state index < -0.39 is 33.0 Å². The minimum absolute atomic E-state index is 0.00273. The third kappa shape index (κ3) is 6.57. The van der Waals surface area contributed by atoms with E-state index in [0.29, 0.717) is 6.61 Å². The molecule has 0 N–H and O–H groups in total. The fraction of sp³-hybridized carbons (Fsp3) is 0.826. The van der Waals surface area contributed by atoms with E-state index in [-0.39, 0.29) is 28.5 Å². The van der Waals surface area contributed by atoms with E-state index in [1.165, 1.54) is 5.57 Å². The molecule has 0 aromatic rings. The highest BCUT2D eigenvalue weighted by atomic mass is 32.2. The van der Waals surface area contributed by atoms with Gasteiger partial charge in [-0.3, -0.25) is 4.18 Å². The van der Waals surface area contributed by atoms with E-state index in [2.05, 4.69) is 73.8 Å². The van der Waals surface area contributed by atoms with Crippen molar-refractivity contribution >= 4 is 26.8 Å². The molecule has 0 saturated heterocycles. The highest BCUT2D eigenvalue weighted by molar-refractivity contribution is 7.86. The first-order valence-corrected chi connectivity index (χ1v) is 19.1. The molecule has 2 aliphatic rings. The predicted molar refractivity (Wildman–Crippen MR) is 135 cm³/mol. The maximum Gasteiger partial charge on any atom is 0.264 e. The molecule has 0 aromatic heterocycles. The lowest BCUT2D eigenvalue weighted by molar-refractivity contribution is -0.0947. The van der Waals surface area contributed by atoms with Gasteiger partial charge in [-0.2, -0.15) is 8.42 Å². The molecule has 6 nitrogen and oxygen atoms in total. The van der Waals surface area contributed by atoms with Crippen molar-refractivity contribution in [1.29, 1.82) is 0 Å². The van der Waals surface area contributed by atoms with Gasteiger partial charge in [-0.05, 0) is 53.8 Å². The van der Waals surface area contributed by atoms with Crippen LogP contribution in [0.15, 0.2) is 23.5 Å². The molecule has 9 heteroatoms. The second kappa shape index (κ2) is 9.30. The summed E-state index contributed by atoms with van der Waals surface area (Å²) in [5.74, 6) is 0.0929. The van der Waals surface area contributed by atoms with Crippen molar-refractivity contribution in [3.63, 3.8) is 0 Å². The minimum atomic E-state index is -3.53. The highest BCUT2D eigenvalue weighted by Crippen LogP contribution is 2.47. The van der Waals surface area contributed by atoms with Crippen molar-refractivity contribution in [3.05, 3.63) is 23.5 Å². The topological polar surface area (TPSA) is 71.1 Å². The second-order valence-electron chi connectivity index (χ2n) is 12.2. The van der Waals surface area contributed by atoms with Gasteiger partial charge in [0.1, 0.15) is 0 Å². The second-order valence-corrected chi connectivity index (χ2v) is 23.4. The Kier molecular flexibility index (Phi) is 8.07. The molecule has 2 rings (SSSR count). The van der Waals surface area contributed by atoms with Crippen molar-refractivity contribution in [2.45, 2.75) is 90.5 Å². The summed E-state index contributed by atoms with van der Waals surface area (Å²) in [6.45, 7) is 22.9. The SMILES string of the molecule is CC(C)(C)[Si](C)(C)OCC1=CC[C@@H]2C(COS(C)(=O)=O)=CO[C@@H](O[Si](C)(C)C(C)(C)C)[C@H]12. The summed E-state index contributed by atoms with van der Waals surface area (Å²) in [5.41, 5.74) is 2.04. The number of fused-ring (bicyclic) bond motifs is 1. The van der Waals surface area contributed by atoms with Crippen LogP contribution in [0.2, 0.25) is 36.3 Å². The summed E-state index contributed by atoms with van der Waals surface area (Å²) in [6, 6.07) is 0. The van der Waals surface area contributed by atoms with E-state index in [4.69, 9.17) is 17.8 Å². The normalized spacial score (nSPS) is 25.2. The van der Waals surface area contributed by atoms with E-state index in [1.54, 1.807) is 6.26 Å². The van der Waals surface area contributed by atoms with Crippen LogP contribution in [0.1, 0.15) is 48.0 Å². The van der Waals surface area contributed by atoms with Crippen LogP contribution in [-0.2, 0) is 27.9 Å². The molecular formula is C23H44O6SSi2. The first kappa shape index (κ1) is 27.8. The standard InChI is InChI=1S/C23H44O6SSi2/c1-22(2,3)31(8,9)28-16-17-12-13-19-18(15-27-30(7,24)25)14-26-21(20(17)19)29-32(10,11)23(4,5)6/h12,14,19-21H,13,15-16H2,1-11H3/t19-,20-,21+/m1/s1. The Bertz CT molecular complexity index is 847. The quantitative estimate of drug-likeness (QED) is 0.236. The van der Waals surface area contributed by atoms with Gasteiger partial charge in [0.2, 0.25) is 0 Å². The third-order valence-electron chi connectivity index (χ3n) is 7.68. The smallest absolute Gasteiger partial charge is 0.264 e. The zero-order valence-electron chi connectivity index (χ0n) is 21.9. The van der Waals surface area contributed by atoms with Crippen molar-refractivity contribution < 1.29 is 26.2 Å². The number of ether oxygens (including phenoxy) is 1. The number of hydrogen-bond donors (Lipinski definition) is 0. The number of hydrogen-bond acceptors (Lipinski definition) is 6. The van der Waals surface area contributed by atoms with Gasteiger partial charge in [0.25, 0.3) is 10.1 Å². The first-order chi connectivity index (χ1) is 14.3. The molecule has 0 amide bonds. The van der Waals surface area contributed by atoms with Crippen LogP contribution in [0.5, 0.6) is 0 Å². The van der Waals surface area contributed by atoms with E-state index in [9.17, 15) is 8.42 Å². The number of allylic oxidation sites excluding steroid dienone is 1. The lowest BCUT2D eigenvalue weighted by Gasteiger charge is -2.44.